The number of ether oxygens (including phenoxy) is 1. The molecule has 0 radical (unpaired) electrons. The Morgan fingerprint density at radius 3 is 2.74 bits per heavy atom. The van der Waals surface area contributed by atoms with Crippen LogP contribution in [0, 0.1) is 0 Å². The zero-order valence-electron chi connectivity index (χ0n) is 15.0. The third-order valence-electron chi connectivity index (χ3n) is 4.68. The predicted octanol–water partition coefficient (Wildman–Crippen LogP) is 3.04. The molecule has 0 spiro atoms. The van der Waals surface area contributed by atoms with Gasteiger partial charge in [-0.15, -0.1) is 0 Å². The lowest BCUT2D eigenvalue weighted by molar-refractivity contribution is 0.183. The second-order valence-electron chi connectivity index (χ2n) is 6.64. The highest BCUT2D eigenvalue weighted by Gasteiger charge is 2.27. The molecule has 1 unspecified atom stereocenters. The average Bonchev–Trinajstić information content (AvgIpc) is 3.17. The SMILES string of the molecule is O=C(NCCc1ccccc1)N1CCC(Oc2cnc3ccccc3n2)C1. The summed E-state index contributed by atoms with van der Waals surface area (Å²) in [6, 6.07) is 17.8. The Bertz CT molecular complexity index is 916. The topological polar surface area (TPSA) is 67.4 Å². The molecule has 0 saturated carbocycles. The number of amides is 2. The lowest BCUT2D eigenvalue weighted by atomic mass is 10.1. The van der Waals surface area contributed by atoms with E-state index in [-0.39, 0.29) is 12.1 Å². The molecule has 6 nitrogen and oxygen atoms in total. The van der Waals surface area contributed by atoms with E-state index in [2.05, 4.69) is 27.4 Å². The van der Waals surface area contributed by atoms with Crippen molar-refractivity contribution < 1.29 is 9.53 Å². The normalized spacial score (nSPS) is 16.4. The Labute approximate surface area is 158 Å². The van der Waals surface area contributed by atoms with Crippen molar-refractivity contribution in [3.05, 3.63) is 66.4 Å². The van der Waals surface area contributed by atoms with Crippen LogP contribution in [0.4, 0.5) is 4.79 Å². The standard InChI is InChI=1S/C21H22N4O2/c26-21(22-12-10-16-6-2-1-3-7-16)25-13-11-17(15-25)27-20-14-23-18-8-4-5-9-19(18)24-20/h1-9,14,17H,10-13,15H2,(H,22,26). The molecule has 138 valence electrons. The molecule has 1 aromatic heterocycles. The Balaban J connectivity index is 1.27. The maximum Gasteiger partial charge on any atom is 0.317 e. The molecule has 27 heavy (non-hydrogen) atoms. The van der Waals surface area contributed by atoms with Crippen LogP contribution in [0.2, 0.25) is 0 Å². The summed E-state index contributed by atoms with van der Waals surface area (Å²) in [4.78, 5) is 23.0. The van der Waals surface area contributed by atoms with Crippen LogP contribution in [0.15, 0.2) is 60.8 Å². The fourth-order valence-corrected chi connectivity index (χ4v) is 3.25. The fourth-order valence-electron chi connectivity index (χ4n) is 3.25. The molecule has 1 fully saturated rings. The number of carbonyl (C=O) groups is 1. The van der Waals surface area contributed by atoms with E-state index in [1.54, 1.807) is 11.1 Å². The third-order valence-corrected chi connectivity index (χ3v) is 4.68. The first-order chi connectivity index (χ1) is 13.3. The fraction of sp³-hybridized carbons (Fsp3) is 0.286. The number of likely N-dealkylation sites (tertiary alicyclic amines) is 1. The average molecular weight is 362 g/mol. The Morgan fingerprint density at radius 2 is 1.89 bits per heavy atom. The first-order valence-electron chi connectivity index (χ1n) is 9.23. The quantitative estimate of drug-likeness (QED) is 0.758. The van der Waals surface area contributed by atoms with E-state index < -0.39 is 0 Å². The first kappa shape index (κ1) is 17.3. The smallest absolute Gasteiger partial charge is 0.317 e. The number of hydrogen-bond donors (Lipinski definition) is 1. The number of benzene rings is 2. The van der Waals surface area contributed by atoms with Crippen LogP contribution in [-0.2, 0) is 6.42 Å². The van der Waals surface area contributed by atoms with Crippen molar-refractivity contribution in [3.8, 4) is 5.88 Å². The van der Waals surface area contributed by atoms with Crippen molar-refractivity contribution in [2.45, 2.75) is 18.9 Å². The molecule has 1 atom stereocenters. The second-order valence-corrected chi connectivity index (χ2v) is 6.64. The minimum atomic E-state index is -0.0552. The van der Waals surface area contributed by atoms with E-state index in [9.17, 15) is 4.79 Å². The van der Waals surface area contributed by atoms with E-state index in [0.29, 0.717) is 25.5 Å². The number of rotatable bonds is 5. The van der Waals surface area contributed by atoms with Gasteiger partial charge in [0, 0.05) is 19.5 Å². The predicted molar refractivity (Wildman–Crippen MR) is 104 cm³/mol. The molecule has 0 bridgehead atoms. The maximum atomic E-state index is 12.3. The Hall–Kier alpha value is -3.15. The highest BCUT2D eigenvalue weighted by Crippen LogP contribution is 2.18. The van der Waals surface area contributed by atoms with Crippen LogP contribution in [0.5, 0.6) is 5.88 Å². The number of hydrogen-bond acceptors (Lipinski definition) is 4. The Morgan fingerprint density at radius 1 is 1.11 bits per heavy atom. The van der Waals surface area contributed by atoms with Crippen LogP contribution < -0.4 is 10.1 Å². The summed E-state index contributed by atoms with van der Waals surface area (Å²) >= 11 is 0. The van der Waals surface area contributed by atoms with E-state index in [4.69, 9.17) is 4.74 Å². The third kappa shape index (κ3) is 4.34. The van der Waals surface area contributed by atoms with Crippen molar-refractivity contribution in [2.24, 2.45) is 0 Å². The zero-order chi connectivity index (χ0) is 18.5. The molecule has 2 amide bonds. The number of para-hydroxylation sites is 2. The van der Waals surface area contributed by atoms with E-state index >= 15 is 0 Å². The van der Waals surface area contributed by atoms with Crippen molar-refractivity contribution in [1.82, 2.24) is 20.2 Å². The summed E-state index contributed by atoms with van der Waals surface area (Å²) in [6.07, 6.45) is 3.21. The van der Waals surface area contributed by atoms with Gasteiger partial charge in [0.1, 0.15) is 6.10 Å². The Kier molecular flexibility index (Phi) is 5.14. The van der Waals surface area contributed by atoms with Crippen LogP contribution in [0.3, 0.4) is 0 Å². The highest BCUT2D eigenvalue weighted by molar-refractivity contribution is 5.75. The number of nitrogens with one attached hydrogen (secondary N) is 1. The molecule has 6 heteroatoms. The van der Waals surface area contributed by atoms with Crippen LogP contribution in [0.25, 0.3) is 11.0 Å². The van der Waals surface area contributed by atoms with Crippen molar-refractivity contribution >= 4 is 17.1 Å². The van der Waals surface area contributed by atoms with Crippen LogP contribution in [-0.4, -0.2) is 46.6 Å². The molecule has 1 aliphatic rings. The van der Waals surface area contributed by atoms with E-state index in [0.717, 1.165) is 23.9 Å². The summed E-state index contributed by atoms with van der Waals surface area (Å²) in [5.41, 5.74) is 2.87. The van der Waals surface area contributed by atoms with Crippen molar-refractivity contribution in [1.29, 1.82) is 0 Å². The molecule has 4 rings (SSSR count). The van der Waals surface area contributed by atoms with Gasteiger partial charge in [0.2, 0.25) is 5.88 Å². The molecule has 3 aromatic rings. The molecular formula is C21H22N4O2. The van der Waals surface area contributed by atoms with Gasteiger partial charge >= 0.3 is 6.03 Å². The lowest BCUT2D eigenvalue weighted by Crippen LogP contribution is -2.40. The second kappa shape index (κ2) is 8.03. The van der Waals surface area contributed by atoms with Gasteiger partial charge in [-0.05, 0) is 24.1 Å². The summed E-state index contributed by atoms with van der Waals surface area (Å²) in [6.45, 7) is 1.87. The van der Waals surface area contributed by atoms with Gasteiger partial charge in [0.15, 0.2) is 0 Å². The van der Waals surface area contributed by atoms with E-state index in [1.807, 2.05) is 42.5 Å². The van der Waals surface area contributed by atoms with Crippen molar-refractivity contribution in [2.75, 3.05) is 19.6 Å². The molecule has 1 saturated heterocycles. The summed E-state index contributed by atoms with van der Waals surface area (Å²) in [7, 11) is 0. The molecule has 2 heterocycles. The largest absolute Gasteiger partial charge is 0.471 e. The monoisotopic (exact) mass is 362 g/mol. The summed E-state index contributed by atoms with van der Waals surface area (Å²) < 4.78 is 5.94. The molecule has 1 aliphatic heterocycles. The minimum absolute atomic E-state index is 0.0402. The van der Waals surface area contributed by atoms with Gasteiger partial charge in [-0.25, -0.2) is 14.8 Å². The van der Waals surface area contributed by atoms with Gasteiger partial charge in [-0.1, -0.05) is 42.5 Å². The first-order valence-corrected chi connectivity index (χ1v) is 9.23. The molecule has 0 aliphatic carbocycles. The number of aromatic nitrogens is 2. The molecule has 2 aromatic carbocycles. The van der Waals surface area contributed by atoms with Gasteiger partial charge < -0.3 is 15.0 Å². The minimum Gasteiger partial charge on any atom is -0.471 e. The molecular weight excluding hydrogens is 340 g/mol. The van der Waals surface area contributed by atoms with E-state index in [1.165, 1.54) is 5.56 Å². The van der Waals surface area contributed by atoms with Gasteiger partial charge in [-0.3, -0.25) is 0 Å². The van der Waals surface area contributed by atoms with Gasteiger partial charge in [0.25, 0.3) is 0 Å². The van der Waals surface area contributed by atoms with Crippen LogP contribution in [0.1, 0.15) is 12.0 Å². The van der Waals surface area contributed by atoms with Gasteiger partial charge in [0.05, 0.1) is 23.8 Å². The highest BCUT2D eigenvalue weighted by atomic mass is 16.5. The van der Waals surface area contributed by atoms with Crippen LogP contribution >= 0.6 is 0 Å². The number of fused-ring (bicyclic) bond motifs is 1. The number of carbonyl (C=O) groups excluding carboxylic acids is 1. The lowest BCUT2D eigenvalue weighted by Gasteiger charge is -2.17. The molecule has 1 N–H and O–H groups in total. The summed E-state index contributed by atoms with van der Waals surface area (Å²) in [5, 5.41) is 2.99. The van der Waals surface area contributed by atoms with Gasteiger partial charge in [-0.2, -0.15) is 0 Å². The number of urea groups is 1. The zero-order valence-corrected chi connectivity index (χ0v) is 15.0. The number of nitrogens with zero attached hydrogens (tertiary/aromatic N) is 3. The van der Waals surface area contributed by atoms with Crippen molar-refractivity contribution in [3.63, 3.8) is 0 Å². The maximum absolute atomic E-state index is 12.3. The summed E-state index contributed by atoms with van der Waals surface area (Å²) in [5.74, 6) is 0.505.